The summed E-state index contributed by atoms with van der Waals surface area (Å²) in [5, 5.41) is 13.5. The van der Waals surface area contributed by atoms with E-state index in [0.717, 1.165) is 35.4 Å². The van der Waals surface area contributed by atoms with E-state index in [1.807, 2.05) is 38.1 Å². The van der Waals surface area contributed by atoms with Crippen LogP contribution in [0.2, 0.25) is 0 Å². The first-order valence-electron chi connectivity index (χ1n) is 9.34. The van der Waals surface area contributed by atoms with Gasteiger partial charge in [-0.25, -0.2) is 0 Å². The van der Waals surface area contributed by atoms with Gasteiger partial charge in [-0.2, -0.15) is 0 Å². The first kappa shape index (κ1) is 20.5. The third-order valence-corrected chi connectivity index (χ3v) is 4.25. The number of amides is 1. The number of aliphatic imine (C=N–C) groups is 1. The van der Waals surface area contributed by atoms with Gasteiger partial charge >= 0.3 is 0 Å². The van der Waals surface area contributed by atoms with Gasteiger partial charge in [0, 0.05) is 44.2 Å². The van der Waals surface area contributed by atoms with E-state index in [-0.39, 0.29) is 5.91 Å². The lowest BCUT2D eigenvalue weighted by Crippen LogP contribution is -2.41. The number of aryl methyl sites for hydroxylation is 3. The molecule has 2 aromatic rings. The predicted molar refractivity (Wildman–Crippen MR) is 107 cm³/mol. The quantitative estimate of drug-likeness (QED) is 0.376. The Balaban J connectivity index is 1.78. The molecule has 7 heteroatoms. The van der Waals surface area contributed by atoms with Crippen LogP contribution in [0.1, 0.15) is 46.8 Å². The highest BCUT2D eigenvalue weighted by Gasteiger charge is 2.13. The number of rotatable bonds is 8. The number of nitrogens with zero attached hydrogens (tertiary/aromatic N) is 2. The zero-order chi connectivity index (χ0) is 19.6. The molecule has 1 aromatic carbocycles. The normalized spacial score (nSPS) is 11.3. The Labute approximate surface area is 160 Å². The van der Waals surface area contributed by atoms with Crippen LogP contribution in [0.25, 0.3) is 0 Å². The first-order chi connectivity index (χ1) is 13.1. The summed E-state index contributed by atoms with van der Waals surface area (Å²) in [5.74, 6) is 1.50. The Morgan fingerprint density at radius 2 is 1.93 bits per heavy atom. The number of guanidine groups is 1. The van der Waals surface area contributed by atoms with E-state index in [1.54, 1.807) is 7.05 Å². The fourth-order valence-corrected chi connectivity index (χ4v) is 2.78. The van der Waals surface area contributed by atoms with E-state index < -0.39 is 0 Å². The van der Waals surface area contributed by atoms with Gasteiger partial charge in [0.25, 0.3) is 5.91 Å². The molecule has 0 saturated carbocycles. The van der Waals surface area contributed by atoms with Crippen LogP contribution in [0.4, 0.5) is 0 Å². The molecule has 0 aliphatic rings. The van der Waals surface area contributed by atoms with Crippen molar-refractivity contribution in [1.82, 2.24) is 21.1 Å². The van der Waals surface area contributed by atoms with E-state index in [4.69, 9.17) is 4.52 Å². The molecule has 1 heterocycles. The number of nitrogens with one attached hydrogen (secondary N) is 3. The number of benzene rings is 1. The molecule has 146 valence electrons. The van der Waals surface area contributed by atoms with Crippen molar-refractivity contribution in [2.24, 2.45) is 4.99 Å². The first-order valence-corrected chi connectivity index (χ1v) is 9.34. The van der Waals surface area contributed by atoms with Crippen molar-refractivity contribution >= 4 is 11.9 Å². The van der Waals surface area contributed by atoms with Crippen LogP contribution < -0.4 is 16.0 Å². The third-order valence-electron chi connectivity index (χ3n) is 4.25. The number of hydrogen-bond donors (Lipinski definition) is 3. The van der Waals surface area contributed by atoms with Crippen LogP contribution in [-0.2, 0) is 19.4 Å². The van der Waals surface area contributed by atoms with Crippen LogP contribution in [0, 0.1) is 6.92 Å². The van der Waals surface area contributed by atoms with Gasteiger partial charge in [-0.1, -0.05) is 36.7 Å². The highest BCUT2D eigenvalue weighted by molar-refractivity contribution is 5.94. The van der Waals surface area contributed by atoms with Crippen molar-refractivity contribution in [2.75, 3.05) is 20.1 Å². The van der Waals surface area contributed by atoms with Gasteiger partial charge in [0.2, 0.25) is 0 Å². The molecule has 7 nitrogen and oxygen atoms in total. The summed E-state index contributed by atoms with van der Waals surface area (Å²) in [6.07, 6.45) is 1.64. The maximum atomic E-state index is 12.1. The topological polar surface area (TPSA) is 91.6 Å². The minimum Gasteiger partial charge on any atom is -0.361 e. The third kappa shape index (κ3) is 5.84. The Kier molecular flexibility index (Phi) is 7.85. The Bertz CT molecular complexity index is 761. The molecule has 0 unspecified atom stereocenters. The molecule has 3 N–H and O–H groups in total. The van der Waals surface area contributed by atoms with Crippen LogP contribution >= 0.6 is 0 Å². The lowest BCUT2D eigenvalue weighted by Gasteiger charge is -2.13. The fraction of sp³-hybridized carbons (Fsp3) is 0.450. The fourth-order valence-electron chi connectivity index (χ4n) is 2.78. The molecule has 1 aromatic heterocycles. The highest BCUT2D eigenvalue weighted by Crippen LogP contribution is 2.15. The standard InChI is InChI=1S/C20H29N5O2/c1-5-17-16(18(6-2)27-25-17)13-24-20(21-4)23-11-10-22-19(26)15-9-7-8-14(3)12-15/h7-9,12H,5-6,10-11,13H2,1-4H3,(H,22,26)(H2,21,23,24). The number of hydrogen-bond acceptors (Lipinski definition) is 4. The average Bonchev–Trinajstić information content (AvgIpc) is 3.09. The van der Waals surface area contributed by atoms with Crippen LogP contribution in [-0.4, -0.2) is 37.2 Å². The summed E-state index contributed by atoms with van der Waals surface area (Å²) in [7, 11) is 1.72. The molecule has 0 spiro atoms. The number of carbonyl (C=O) groups excluding carboxylic acids is 1. The molecule has 2 rings (SSSR count). The van der Waals surface area contributed by atoms with Crippen LogP contribution in [0.3, 0.4) is 0 Å². The molecule has 0 atom stereocenters. The summed E-state index contributed by atoms with van der Waals surface area (Å²) in [5.41, 5.74) is 3.80. The van der Waals surface area contributed by atoms with Gasteiger partial charge in [0.1, 0.15) is 5.76 Å². The van der Waals surface area contributed by atoms with Crippen molar-refractivity contribution in [3.63, 3.8) is 0 Å². The summed E-state index contributed by atoms with van der Waals surface area (Å²) in [6, 6.07) is 7.54. The minimum absolute atomic E-state index is 0.0758. The second-order valence-electron chi connectivity index (χ2n) is 6.22. The number of aromatic nitrogens is 1. The van der Waals surface area contributed by atoms with Crippen molar-refractivity contribution in [1.29, 1.82) is 0 Å². The van der Waals surface area contributed by atoms with E-state index in [1.165, 1.54) is 0 Å². The maximum Gasteiger partial charge on any atom is 0.251 e. The molecule has 0 fully saturated rings. The van der Waals surface area contributed by atoms with Gasteiger partial charge in [0.05, 0.1) is 5.69 Å². The van der Waals surface area contributed by atoms with E-state index >= 15 is 0 Å². The molecule has 1 amide bonds. The summed E-state index contributed by atoms with van der Waals surface area (Å²) >= 11 is 0. The molecular formula is C20H29N5O2. The Hall–Kier alpha value is -2.83. The van der Waals surface area contributed by atoms with Gasteiger partial charge in [-0.15, -0.1) is 0 Å². The molecule has 0 radical (unpaired) electrons. The van der Waals surface area contributed by atoms with Crippen LogP contribution in [0.5, 0.6) is 0 Å². The molecule has 0 saturated heterocycles. The smallest absolute Gasteiger partial charge is 0.251 e. The summed E-state index contributed by atoms with van der Waals surface area (Å²) in [4.78, 5) is 16.3. The average molecular weight is 371 g/mol. The SMILES string of the molecule is CCc1noc(CC)c1CNC(=NC)NCCNC(=O)c1cccc(C)c1. The second-order valence-corrected chi connectivity index (χ2v) is 6.22. The summed E-state index contributed by atoms with van der Waals surface area (Å²) in [6.45, 7) is 7.75. The molecule has 0 aliphatic carbocycles. The minimum atomic E-state index is -0.0758. The van der Waals surface area contributed by atoms with Crippen molar-refractivity contribution in [3.05, 3.63) is 52.4 Å². The zero-order valence-electron chi connectivity index (χ0n) is 16.6. The van der Waals surface area contributed by atoms with E-state index in [9.17, 15) is 4.79 Å². The number of carbonyl (C=O) groups is 1. The van der Waals surface area contributed by atoms with Crippen molar-refractivity contribution in [3.8, 4) is 0 Å². The van der Waals surface area contributed by atoms with Gasteiger partial charge in [0.15, 0.2) is 5.96 Å². The molecular weight excluding hydrogens is 342 g/mol. The highest BCUT2D eigenvalue weighted by atomic mass is 16.5. The van der Waals surface area contributed by atoms with E-state index in [0.29, 0.717) is 31.2 Å². The lowest BCUT2D eigenvalue weighted by atomic mass is 10.1. The molecule has 0 aliphatic heterocycles. The van der Waals surface area contributed by atoms with Gasteiger partial charge < -0.3 is 20.5 Å². The Morgan fingerprint density at radius 3 is 2.59 bits per heavy atom. The zero-order valence-corrected chi connectivity index (χ0v) is 16.6. The monoisotopic (exact) mass is 371 g/mol. The summed E-state index contributed by atoms with van der Waals surface area (Å²) < 4.78 is 5.38. The van der Waals surface area contributed by atoms with Crippen molar-refractivity contribution < 1.29 is 9.32 Å². The largest absolute Gasteiger partial charge is 0.361 e. The molecule has 27 heavy (non-hydrogen) atoms. The molecule has 0 bridgehead atoms. The maximum absolute atomic E-state index is 12.1. The van der Waals surface area contributed by atoms with Gasteiger partial charge in [-0.3, -0.25) is 9.79 Å². The second kappa shape index (κ2) is 10.4. The predicted octanol–water partition coefficient (Wildman–Crippen LogP) is 2.20. The lowest BCUT2D eigenvalue weighted by molar-refractivity contribution is 0.0954. The van der Waals surface area contributed by atoms with Crippen molar-refractivity contribution in [2.45, 2.75) is 40.2 Å². The van der Waals surface area contributed by atoms with Gasteiger partial charge in [-0.05, 0) is 25.5 Å². The van der Waals surface area contributed by atoms with E-state index in [2.05, 4.69) is 33.0 Å². The van der Waals surface area contributed by atoms with Crippen LogP contribution in [0.15, 0.2) is 33.8 Å². The Morgan fingerprint density at radius 1 is 1.15 bits per heavy atom.